The fourth-order valence-corrected chi connectivity index (χ4v) is 3.16. The lowest BCUT2D eigenvalue weighted by atomic mass is 10.2. The third-order valence-electron chi connectivity index (χ3n) is 4.18. The number of nitrogens with one attached hydrogen (secondary N) is 2. The van der Waals surface area contributed by atoms with Crippen molar-refractivity contribution in [3.63, 3.8) is 0 Å². The van der Waals surface area contributed by atoms with Gasteiger partial charge >= 0.3 is 0 Å². The van der Waals surface area contributed by atoms with Crippen LogP contribution in [-0.4, -0.2) is 38.8 Å². The van der Waals surface area contributed by atoms with Crippen molar-refractivity contribution in [2.45, 2.75) is 24.1 Å². The van der Waals surface area contributed by atoms with Gasteiger partial charge in [0, 0.05) is 35.9 Å². The number of halogens is 2. The minimum Gasteiger partial charge on any atom is -0.378 e. The van der Waals surface area contributed by atoms with Crippen LogP contribution in [0.3, 0.4) is 0 Å². The molecule has 1 unspecified atom stereocenters. The number of nitrogens with zero attached hydrogens (tertiary/aromatic N) is 1. The summed E-state index contributed by atoms with van der Waals surface area (Å²) in [6.45, 7) is 3.99. The summed E-state index contributed by atoms with van der Waals surface area (Å²) in [7, 11) is 4.00. The Morgan fingerprint density at radius 2 is 1.74 bits per heavy atom. The van der Waals surface area contributed by atoms with Crippen molar-refractivity contribution in [2.75, 3.05) is 37.4 Å². The SMILES string of the molecule is CC[NH+](CC(=O)Nc1ccc(SC(F)F)cc1)Cc1ccc(N(C)C)cc1. The number of anilines is 2. The molecule has 4 nitrogen and oxygen atoms in total. The number of hydrogen-bond donors (Lipinski definition) is 2. The maximum absolute atomic E-state index is 12.3. The molecule has 1 atom stereocenters. The van der Waals surface area contributed by atoms with E-state index in [0.29, 0.717) is 28.9 Å². The predicted molar refractivity (Wildman–Crippen MR) is 108 cm³/mol. The lowest BCUT2D eigenvalue weighted by molar-refractivity contribution is -0.903. The van der Waals surface area contributed by atoms with Crippen molar-refractivity contribution in [3.8, 4) is 0 Å². The second-order valence-electron chi connectivity index (χ2n) is 6.47. The molecule has 0 radical (unpaired) electrons. The number of likely N-dealkylation sites (N-methyl/N-ethyl adjacent to an activating group) is 1. The van der Waals surface area contributed by atoms with Crippen LogP contribution in [0.2, 0.25) is 0 Å². The maximum Gasteiger partial charge on any atom is 0.288 e. The number of hydrogen-bond acceptors (Lipinski definition) is 3. The maximum atomic E-state index is 12.3. The van der Waals surface area contributed by atoms with Gasteiger partial charge in [-0.1, -0.05) is 23.9 Å². The van der Waals surface area contributed by atoms with Gasteiger partial charge in [-0.25, -0.2) is 0 Å². The van der Waals surface area contributed by atoms with E-state index in [0.717, 1.165) is 23.7 Å². The van der Waals surface area contributed by atoms with Crippen molar-refractivity contribution in [1.82, 2.24) is 0 Å². The van der Waals surface area contributed by atoms with E-state index < -0.39 is 5.76 Å². The van der Waals surface area contributed by atoms with Crippen molar-refractivity contribution in [2.24, 2.45) is 0 Å². The first kappa shape index (κ1) is 21.2. The fraction of sp³-hybridized carbons (Fsp3) is 0.350. The van der Waals surface area contributed by atoms with Gasteiger partial charge in [-0.05, 0) is 43.3 Å². The summed E-state index contributed by atoms with van der Waals surface area (Å²) < 4.78 is 24.7. The Balaban J connectivity index is 1.88. The minimum atomic E-state index is -2.45. The van der Waals surface area contributed by atoms with E-state index in [1.807, 2.05) is 25.9 Å². The molecule has 2 rings (SSSR count). The molecule has 2 N–H and O–H groups in total. The zero-order valence-electron chi connectivity index (χ0n) is 15.8. The third-order valence-corrected chi connectivity index (χ3v) is 4.90. The van der Waals surface area contributed by atoms with Gasteiger partial charge in [0.25, 0.3) is 11.7 Å². The molecule has 0 heterocycles. The second-order valence-corrected chi connectivity index (χ2v) is 7.53. The largest absolute Gasteiger partial charge is 0.378 e. The van der Waals surface area contributed by atoms with Crippen LogP contribution in [0.25, 0.3) is 0 Å². The number of alkyl halides is 2. The van der Waals surface area contributed by atoms with Crippen LogP contribution in [0.5, 0.6) is 0 Å². The van der Waals surface area contributed by atoms with Crippen LogP contribution < -0.4 is 15.1 Å². The molecule has 146 valence electrons. The molecule has 0 bridgehead atoms. The monoisotopic (exact) mass is 394 g/mol. The second kappa shape index (κ2) is 10.3. The molecule has 0 fully saturated rings. The molecule has 27 heavy (non-hydrogen) atoms. The molecule has 0 aliphatic heterocycles. The molecular weight excluding hydrogens is 368 g/mol. The quantitative estimate of drug-likeness (QED) is 0.642. The van der Waals surface area contributed by atoms with Gasteiger partial charge in [-0.3, -0.25) is 4.79 Å². The zero-order chi connectivity index (χ0) is 19.8. The van der Waals surface area contributed by atoms with Gasteiger partial charge in [0.1, 0.15) is 6.54 Å². The normalized spacial score (nSPS) is 12.1. The van der Waals surface area contributed by atoms with Crippen LogP contribution >= 0.6 is 11.8 Å². The zero-order valence-corrected chi connectivity index (χ0v) is 16.7. The molecule has 0 saturated carbocycles. The highest BCUT2D eigenvalue weighted by Crippen LogP contribution is 2.26. The minimum absolute atomic E-state index is 0.0916. The number of thioether (sulfide) groups is 1. The van der Waals surface area contributed by atoms with Gasteiger partial charge in [0.05, 0.1) is 6.54 Å². The number of quaternary nitrogens is 1. The van der Waals surface area contributed by atoms with Crippen molar-refractivity contribution < 1.29 is 18.5 Å². The highest BCUT2D eigenvalue weighted by atomic mass is 32.2. The highest BCUT2D eigenvalue weighted by Gasteiger charge is 2.14. The number of benzene rings is 2. The van der Waals surface area contributed by atoms with Gasteiger partial charge in [0.15, 0.2) is 6.54 Å². The Morgan fingerprint density at radius 1 is 1.11 bits per heavy atom. The van der Waals surface area contributed by atoms with Crippen LogP contribution in [-0.2, 0) is 11.3 Å². The number of carbonyl (C=O) groups is 1. The Hall–Kier alpha value is -2.12. The smallest absolute Gasteiger partial charge is 0.288 e. The average molecular weight is 395 g/mol. The van der Waals surface area contributed by atoms with Gasteiger partial charge < -0.3 is 15.1 Å². The summed E-state index contributed by atoms with van der Waals surface area (Å²) in [5, 5.41) is 2.83. The first-order chi connectivity index (χ1) is 12.9. The molecule has 2 aromatic rings. The molecule has 0 aliphatic carbocycles. The van der Waals surface area contributed by atoms with Crippen molar-refractivity contribution in [3.05, 3.63) is 54.1 Å². The van der Waals surface area contributed by atoms with Crippen LogP contribution in [0, 0.1) is 0 Å². The molecule has 0 aliphatic rings. The molecule has 0 spiro atoms. The third kappa shape index (κ3) is 7.19. The predicted octanol–water partition coefficient (Wildman–Crippen LogP) is 3.11. The summed E-state index contributed by atoms with van der Waals surface area (Å²) in [5.74, 6) is -2.54. The van der Waals surface area contributed by atoms with E-state index in [1.165, 1.54) is 5.56 Å². The highest BCUT2D eigenvalue weighted by molar-refractivity contribution is 7.99. The van der Waals surface area contributed by atoms with E-state index in [4.69, 9.17) is 0 Å². The van der Waals surface area contributed by atoms with E-state index >= 15 is 0 Å². The Kier molecular flexibility index (Phi) is 8.06. The summed E-state index contributed by atoms with van der Waals surface area (Å²) in [5.41, 5.74) is 2.94. The van der Waals surface area contributed by atoms with E-state index in [2.05, 4.69) is 29.6 Å². The topological polar surface area (TPSA) is 36.8 Å². The molecule has 0 saturated heterocycles. The van der Waals surface area contributed by atoms with Crippen LogP contribution in [0.1, 0.15) is 12.5 Å². The molecule has 1 amide bonds. The number of amides is 1. The van der Waals surface area contributed by atoms with E-state index in [1.54, 1.807) is 24.3 Å². The lowest BCUT2D eigenvalue weighted by Crippen LogP contribution is -3.11. The van der Waals surface area contributed by atoms with Gasteiger partial charge in [-0.15, -0.1) is 0 Å². The first-order valence-electron chi connectivity index (χ1n) is 8.82. The van der Waals surface area contributed by atoms with Crippen molar-refractivity contribution in [1.29, 1.82) is 0 Å². The Morgan fingerprint density at radius 3 is 2.26 bits per heavy atom. The first-order valence-corrected chi connectivity index (χ1v) is 9.70. The van der Waals surface area contributed by atoms with Crippen LogP contribution in [0.15, 0.2) is 53.4 Å². The van der Waals surface area contributed by atoms with E-state index in [9.17, 15) is 13.6 Å². The molecule has 7 heteroatoms. The molecular formula is C20H26F2N3OS+. The lowest BCUT2D eigenvalue weighted by Gasteiger charge is -2.18. The summed E-state index contributed by atoms with van der Waals surface area (Å²) in [6, 6.07) is 14.8. The van der Waals surface area contributed by atoms with Crippen LogP contribution in [0.4, 0.5) is 20.2 Å². The number of rotatable bonds is 9. The van der Waals surface area contributed by atoms with Gasteiger partial charge in [0.2, 0.25) is 0 Å². The Labute approximate surface area is 163 Å². The molecule has 2 aromatic carbocycles. The number of carbonyl (C=O) groups excluding carboxylic acids is 1. The van der Waals surface area contributed by atoms with Crippen molar-refractivity contribution >= 4 is 29.0 Å². The summed E-state index contributed by atoms with van der Waals surface area (Å²) in [4.78, 5) is 16.0. The fourth-order valence-electron chi connectivity index (χ4n) is 2.67. The summed E-state index contributed by atoms with van der Waals surface area (Å²) >= 11 is 0.491. The average Bonchev–Trinajstić information content (AvgIpc) is 2.62. The summed E-state index contributed by atoms with van der Waals surface area (Å²) in [6.07, 6.45) is 0. The van der Waals surface area contributed by atoms with E-state index in [-0.39, 0.29) is 5.91 Å². The standard InChI is InChI=1S/C20H25F2N3OS/c1-4-25(13-15-5-9-17(10-6-15)24(2)3)14-19(26)23-16-7-11-18(12-8-16)27-20(21)22/h5-12,20H,4,13-14H2,1-3H3,(H,23,26)/p+1. The van der Waals surface area contributed by atoms with Gasteiger partial charge in [-0.2, -0.15) is 8.78 Å². The Bertz CT molecular complexity index is 721. The molecule has 0 aromatic heterocycles.